The molecule has 4 heterocycles. The summed E-state index contributed by atoms with van der Waals surface area (Å²) >= 11 is 0.581. The number of hydrogen-bond acceptors (Lipinski definition) is 7. The first-order valence-electron chi connectivity index (χ1n) is 8.47. The first kappa shape index (κ1) is 17.7. The molecule has 0 aliphatic carbocycles. The van der Waals surface area contributed by atoms with Crippen molar-refractivity contribution in [3.05, 3.63) is 53.4 Å². The Hall–Kier alpha value is -3.34. The number of nitrogens with zero attached hydrogens (tertiary/aromatic N) is 4. The highest BCUT2D eigenvalue weighted by Gasteiger charge is 2.33. The van der Waals surface area contributed by atoms with Gasteiger partial charge in [-0.1, -0.05) is 6.07 Å². The number of rotatable bonds is 4. The van der Waals surface area contributed by atoms with Crippen LogP contribution in [-0.4, -0.2) is 26.3 Å². The average molecular weight is 419 g/mol. The van der Waals surface area contributed by atoms with Crippen LogP contribution in [0.15, 0.2) is 43.0 Å². The first-order valence-corrected chi connectivity index (χ1v) is 9.28. The van der Waals surface area contributed by atoms with E-state index in [2.05, 4.69) is 20.3 Å². The Balaban J connectivity index is 1.53. The van der Waals surface area contributed by atoms with E-state index in [-0.39, 0.29) is 17.6 Å². The van der Waals surface area contributed by atoms with E-state index in [1.807, 2.05) is 12.1 Å². The molecule has 5 rings (SSSR count). The molecule has 0 spiro atoms. The number of anilines is 1. The van der Waals surface area contributed by atoms with Gasteiger partial charge in [-0.25, -0.2) is 9.97 Å². The summed E-state index contributed by atoms with van der Waals surface area (Å²) in [6, 6.07) is 6.53. The number of alkyl halides is 3. The second kappa shape index (κ2) is 6.62. The molecular formula is C18H12F3N5O2S. The van der Waals surface area contributed by atoms with Crippen LogP contribution >= 0.6 is 11.3 Å². The van der Waals surface area contributed by atoms with Crippen molar-refractivity contribution in [3.8, 4) is 17.4 Å². The Bertz CT molecular complexity index is 1190. The summed E-state index contributed by atoms with van der Waals surface area (Å²) < 4.78 is 51.8. The Labute approximate surface area is 165 Å². The molecule has 1 N–H and O–H groups in total. The molecular weight excluding hydrogens is 407 g/mol. The van der Waals surface area contributed by atoms with Crippen LogP contribution in [0.5, 0.6) is 11.5 Å². The minimum Gasteiger partial charge on any atom is -0.454 e. The van der Waals surface area contributed by atoms with Crippen molar-refractivity contribution in [2.24, 2.45) is 0 Å². The molecule has 0 fully saturated rings. The van der Waals surface area contributed by atoms with Crippen molar-refractivity contribution in [3.63, 3.8) is 0 Å². The summed E-state index contributed by atoms with van der Waals surface area (Å²) in [5, 5.41) is 3.43. The molecule has 148 valence electrons. The topological polar surface area (TPSA) is 74.1 Å². The molecule has 3 aromatic heterocycles. The van der Waals surface area contributed by atoms with Gasteiger partial charge in [0.2, 0.25) is 12.7 Å². The predicted octanol–water partition coefficient (Wildman–Crippen LogP) is 4.24. The normalized spacial score (nSPS) is 13.2. The molecule has 1 aliphatic rings. The van der Waals surface area contributed by atoms with E-state index < -0.39 is 11.1 Å². The van der Waals surface area contributed by atoms with E-state index in [1.165, 1.54) is 10.9 Å². The van der Waals surface area contributed by atoms with E-state index >= 15 is 0 Å². The monoisotopic (exact) mass is 419 g/mol. The van der Waals surface area contributed by atoms with Crippen LogP contribution in [0.25, 0.3) is 16.2 Å². The lowest BCUT2D eigenvalue weighted by Crippen LogP contribution is -2.06. The number of ether oxygens (including phenoxy) is 2. The standard InChI is InChI=1S/C18H12F3N5O2S/c19-18(20,21)14-6-11-15(23-7-10-1-2-12-13(5-10)28-9-27-12)24-17(25-16(11)29-14)26-4-3-22-8-26/h1-6,8H,7,9H2,(H,23,24,25). The van der Waals surface area contributed by atoms with Crippen molar-refractivity contribution in [2.75, 3.05) is 12.1 Å². The van der Waals surface area contributed by atoms with Crippen LogP contribution in [0.2, 0.25) is 0 Å². The number of fused-ring (bicyclic) bond motifs is 2. The fraction of sp³-hybridized carbons (Fsp3) is 0.167. The highest BCUT2D eigenvalue weighted by molar-refractivity contribution is 7.18. The van der Waals surface area contributed by atoms with E-state index in [0.29, 0.717) is 40.6 Å². The smallest absolute Gasteiger partial charge is 0.425 e. The summed E-state index contributed by atoms with van der Waals surface area (Å²) in [4.78, 5) is 12.1. The second-order valence-electron chi connectivity index (χ2n) is 6.21. The highest BCUT2D eigenvalue weighted by Crippen LogP contribution is 2.39. The summed E-state index contributed by atoms with van der Waals surface area (Å²) in [6.45, 7) is 0.505. The summed E-state index contributed by atoms with van der Waals surface area (Å²) in [5.74, 6) is 1.83. The Morgan fingerprint density at radius 3 is 2.79 bits per heavy atom. The number of nitrogens with one attached hydrogen (secondary N) is 1. The van der Waals surface area contributed by atoms with E-state index in [0.717, 1.165) is 11.6 Å². The van der Waals surface area contributed by atoms with Crippen LogP contribution in [0.4, 0.5) is 19.0 Å². The molecule has 1 aliphatic heterocycles. The molecule has 0 amide bonds. The lowest BCUT2D eigenvalue weighted by Gasteiger charge is -2.09. The van der Waals surface area contributed by atoms with Crippen molar-refractivity contribution in [1.82, 2.24) is 19.5 Å². The van der Waals surface area contributed by atoms with Crippen LogP contribution < -0.4 is 14.8 Å². The van der Waals surface area contributed by atoms with Crippen molar-refractivity contribution >= 4 is 27.4 Å². The highest BCUT2D eigenvalue weighted by atomic mass is 32.1. The number of halogens is 3. The SMILES string of the molecule is FC(F)(F)c1cc2c(NCc3ccc4c(c3)OCO4)nc(-n3ccnc3)nc2s1. The Kier molecular flexibility index (Phi) is 4.05. The average Bonchev–Trinajstić information content (AvgIpc) is 3.44. The zero-order valence-electron chi connectivity index (χ0n) is 14.6. The van der Waals surface area contributed by atoms with Crippen molar-refractivity contribution < 1.29 is 22.6 Å². The zero-order valence-corrected chi connectivity index (χ0v) is 15.4. The maximum atomic E-state index is 13.2. The lowest BCUT2D eigenvalue weighted by molar-refractivity contribution is -0.134. The van der Waals surface area contributed by atoms with Gasteiger partial charge in [-0.3, -0.25) is 4.57 Å². The lowest BCUT2D eigenvalue weighted by atomic mass is 10.2. The van der Waals surface area contributed by atoms with Gasteiger partial charge in [0.05, 0.1) is 5.39 Å². The number of aromatic nitrogens is 4. The molecule has 7 nitrogen and oxygen atoms in total. The van der Waals surface area contributed by atoms with Crippen LogP contribution in [0.3, 0.4) is 0 Å². The third-order valence-electron chi connectivity index (χ3n) is 4.29. The minimum atomic E-state index is -4.45. The quantitative estimate of drug-likeness (QED) is 0.534. The van der Waals surface area contributed by atoms with Gasteiger partial charge in [-0.05, 0) is 23.8 Å². The third kappa shape index (κ3) is 3.33. The third-order valence-corrected chi connectivity index (χ3v) is 5.37. The van der Waals surface area contributed by atoms with Crippen LogP contribution in [0.1, 0.15) is 10.4 Å². The molecule has 11 heteroatoms. The second-order valence-corrected chi connectivity index (χ2v) is 7.24. The van der Waals surface area contributed by atoms with Gasteiger partial charge >= 0.3 is 6.18 Å². The molecule has 1 aromatic carbocycles. The maximum absolute atomic E-state index is 13.2. The van der Waals surface area contributed by atoms with Gasteiger partial charge in [0.15, 0.2) is 11.5 Å². The molecule has 0 saturated carbocycles. The maximum Gasteiger partial charge on any atom is 0.425 e. The zero-order chi connectivity index (χ0) is 20.0. The molecule has 0 unspecified atom stereocenters. The van der Waals surface area contributed by atoms with Gasteiger partial charge in [0, 0.05) is 18.9 Å². The van der Waals surface area contributed by atoms with Gasteiger partial charge in [-0.2, -0.15) is 18.2 Å². The van der Waals surface area contributed by atoms with E-state index in [1.54, 1.807) is 18.5 Å². The molecule has 0 bridgehead atoms. The van der Waals surface area contributed by atoms with E-state index in [9.17, 15) is 13.2 Å². The van der Waals surface area contributed by atoms with Crippen LogP contribution in [0, 0.1) is 0 Å². The predicted molar refractivity (Wildman–Crippen MR) is 99.4 cm³/mol. The fourth-order valence-electron chi connectivity index (χ4n) is 2.91. The summed E-state index contributed by atoms with van der Waals surface area (Å²) in [5.41, 5.74) is 0.872. The van der Waals surface area contributed by atoms with Gasteiger partial charge < -0.3 is 14.8 Å². The van der Waals surface area contributed by atoms with E-state index in [4.69, 9.17) is 9.47 Å². The fourth-order valence-corrected chi connectivity index (χ4v) is 3.81. The minimum absolute atomic E-state index is 0.169. The van der Waals surface area contributed by atoms with Crippen LogP contribution in [-0.2, 0) is 12.7 Å². The van der Waals surface area contributed by atoms with Gasteiger partial charge in [0.25, 0.3) is 0 Å². The molecule has 29 heavy (non-hydrogen) atoms. The van der Waals surface area contributed by atoms with Gasteiger partial charge in [0.1, 0.15) is 21.9 Å². The number of thiophene rings is 1. The molecule has 0 saturated heterocycles. The summed E-state index contributed by atoms with van der Waals surface area (Å²) in [6.07, 6.45) is 0.208. The number of benzene rings is 1. The van der Waals surface area contributed by atoms with Gasteiger partial charge in [-0.15, -0.1) is 11.3 Å². The Morgan fingerprint density at radius 2 is 2.00 bits per heavy atom. The number of imidazole rings is 1. The molecule has 0 radical (unpaired) electrons. The largest absolute Gasteiger partial charge is 0.454 e. The summed E-state index contributed by atoms with van der Waals surface area (Å²) in [7, 11) is 0. The molecule has 4 aromatic rings. The van der Waals surface area contributed by atoms with Crippen molar-refractivity contribution in [1.29, 1.82) is 0 Å². The number of hydrogen-bond donors (Lipinski definition) is 1. The molecule has 0 atom stereocenters. The van der Waals surface area contributed by atoms with Crippen molar-refractivity contribution in [2.45, 2.75) is 12.7 Å². The Morgan fingerprint density at radius 1 is 1.14 bits per heavy atom. The first-order chi connectivity index (χ1) is 14.0.